The summed E-state index contributed by atoms with van der Waals surface area (Å²) in [6, 6.07) is 0.523. The summed E-state index contributed by atoms with van der Waals surface area (Å²) in [6.07, 6.45) is 2.11. The maximum absolute atomic E-state index is 8.96. The largest absolute Gasteiger partial charge is 0.396 e. The van der Waals surface area contributed by atoms with Crippen LogP contribution in [0.5, 0.6) is 0 Å². The van der Waals surface area contributed by atoms with Crippen molar-refractivity contribution in [2.75, 3.05) is 18.1 Å². The average molecular weight is 189 g/mol. The summed E-state index contributed by atoms with van der Waals surface area (Å²) in [6.45, 7) is 4.64. The Balaban J connectivity index is 2.46. The van der Waals surface area contributed by atoms with Crippen molar-refractivity contribution in [2.45, 2.75) is 38.3 Å². The van der Waals surface area contributed by atoms with Gasteiger partial charge in [0.1, 0.15) is 0 Å². The Morgan fingerprint density at radius 1 is 1.58 bits per heavy atom. The van der Waals surface area contributed by atoms with Gasteiger partial charge in [-0.15, -0.1) is 0 Å². The zero-order valence-corrected chi connectivity index (χ0v) is 8.78. The molecule has 1 rings (SSSR count). The van der Waals surface area contributed by atoms with E-state index in [1.165, 1.54) is 12.2 Å². The maximum atomic E-state index is 8.96. The van der Waals surface area contributed by atoms with Gasteiger partial charge in [-0.25, -0.2) is 0 Å². The predicted molar refractivity (Wildman–Crippen MR) is 54.6 cm³/mol. The van der Waals surface area contributed by atoms with Crippen LogP contribution in [0.25, 0.3) is 0 Å². The van der Waals surface area contributed by atoms with Gasteiger partial charge >= 0.3 is 0 Å². The molecular weight excluding hydrogens is 170 g/mol. The molecule has 0 amide bonds. The van der Waals surface area contributed by atoms with Crippen molar-refractivity contribution in [3.05, 3.63) is 0 Å². The van der Waals surface area contributed by atoms with Crippen molar-refractivity contribution in [3.63, 3.8) is 0 Å². The summed E-state index contributed by atoms with van der Waals surface area (Å²) in [7, 11) is 0. The lowest BCUT2D eigenvalue weighted by atomic mass is 9.94. The van der Waals surface area contributed by atoms with E-state index in [-0.39, 0.29) is 5.54 Å². The lowest BCUT2D eigenvalue weighted by Crippen LogP contribution is -2.49. The van der Waals surface area contributed by atoms with E-state index in [0.717, 1.165) is 12.2 Å². The standard InChI is InChI=1S/C9H19NOS/c1-8(2)10-9(3-5-11)4-6-12-7-9/h8,10-11H,3-7H2,1-2H3. The van der Waals surface area contributed by atoms with Gasteiger partial charge in [0.05, 0.1) is 0 Å². The van der Waals surface area contributed by atoms with Gasteiger partial charge in [-0.05, 0) is 18.6 Å². The van der Waals surface area contributed by atoms with Crippen LogP contribution in [0.4, 0.5) is 0 Å². The van der Waals surface area contributed by atoms with Crippen molar-refractivity contribution in [1.29, 1.82) is 0 Å². The molecule has 0 saturated carbocycles. The van der Waals surface area contributed by atoms with Gasteiger partial charge in [-0.3, -0.25) is 0 Å². The number of aliphatic hydroxyl groups is 1. The van der Waals surface area contributed by atoms with Gasteiger partial charge in [0.25, 0.3) is 0 Å². The maximum Gasteiger partial charge on any atom is 0.0448 e. The summed E-state index contributed by atoms with van der Waals surface area (Å²) in [4.78, 5) is 0. The van der Waals surface area contributed by atoms with Crippen molar-refractivity contribution < 1.29 is 5.11 Å². The van der Waals surface area contributed by atoms with Crippen LogP contribution in [0.3, 0.4) is 0 Å². The zero-order chi connectivity index (χ0) is 9.03. The first-order valence-corrected chi connectivity index (χ1v) is 5.80. The third-order valence-corrected chi connectivity index (χ3v) is 3.54. The van der Waals surface area contributed by atoms with Crippen molar-refractivity contribution in [1.82, 2.24) is 5.32 Å². The first kappa shape index (κ1) is 10.4. The highest BCUT2D eigenvalue weighted by atomic mass is 32.2. The molecular formula is C9H19NOS. The number of rotatable bonds is 4. The first-order valence-electron chi connectivity index (χ1n) is 4.65. The lowest BCUT2D eigenvalue weighted by molar-refractivity contribution is 0.215. The molecule has 2 nitrogen and oxygen atoms in total. The Bertz CT molecular complexity index is 132. The Kier molecular flexibility index (Phi) is 3.87. The number of aliphatic hydroxyl groups excluding tert-OH is 1. The minimum atomic E-state index is 0.230. The average Bonchev–Trinajstić information content (AvgIpc) is 2.36. The van der Waals surface area contributed by atoms with E-state index >= 15 is 0 Å². The molecule has 1 heterocycles. The van der Waals surface area contributed by atoms with Crippen LogP contribution in [0.2, 0.25) is 0 Å². The third-order valence-electron chi connectivity index (χ3n) is 2.29. The van der Waals surface area contributed by atoms with Gasteiger partial charge in [-0.2, -0.15) is 11.8 Å². The molecule has 1 fully saturated rings. The molecule has 1 aliphatic heterocycles. The summed E-state index contributed by atoms with van der Waals surface area (Å²) < 4.78 is 0. The molecule has 0 radical (unpaired) electrons. The van der Waals surface area contributed by atoms with E-state index in [9.17, 15) is 0 Å². The molecule has 1 unspecified atom stereocenters. The first-order chi connectivity index (χ1) is 5.68. The van der Waals surface area contributed by atoms with Gasteiger partial charge in [-0.1, -0.05) is 13.8 Å². The van der Waals surface area contributed by atoms with E-state index in [1.807, 2.05) is 11.8 Å². The zero-order valence-electron chi connectivity index (χ0n) is 7.97. The Hall–Kier alpha value is 0.270. The number of hydrogen-bond donors (Lipinski definition) is 2. The summed E-state index contributed by atoms with van der Waals surface area (Å²) >= 11 is 1.99. The molecule has 0 spiro atoms. The normalized spacial score (nSPS) is 30.0. The van der Waals surface area contributed by atoms with Gasteiger partial charge < -0.3 is 10.4 Å². The number of thioether (sulfide) groups is 1. The smallest absolute Gasteiger partial charge is 0.0448 e. The second-order valence-electron chi connectivity index (χ2n) is 3.86. The molecule has 0 aromatic heterocycles. The van der Waals surface area contributed by atoms with E-state index in [2.05, 4.69) is 19.2 Å². The van der Waals surface area contributed by atoms with E-state index in [1.54, 1.807) is 0 Å². The Labute approximate surface area is 79.1 Å². The third kappa shape index (κ3) is 2.64. The topological polar surface area (TPSA) is 32.3 Å². The summed E-state index contributed by atoms with van der Waals surface area (Å²) in [5.41, 5.74) is 0.230. The van der Waals surface area contributed by atoms with Crippen molar-refractivity contribution in [2.24, 2.45) is 0 Å². The molecule has 1 atom stereocenters. The molecule has 1 aliphatic rings. The Morgan fingerprint density at radius 2 is 2.33 bits per heavy atom. The number of hydrogen-bond acceptors (Lipinski definition) is 3. The van der Waals surface area contributed by atoms with Crippen LogP contribution in [0, 0.1) is 0 Å². The molecule has 12 heavy (non-hydrogen) atoms. The van der Waals surface area contributed by atoms with Crippen LogP contribution in [-0.2, 0) is 0 Å². The van der Waals surface area contributed by atoms with Gasteiger partial charge in [0.2, 0.25) is 0 Å². The highest BCUT2D eigenvalue weighted by molar-refractivity contribution is 7.99. The molecule has 1 saturated heterocycles. The van der Waals surface area contributed by atoms with Crippen molar-refractivity contribution >= 4 is 11.8 Å². The fourth-order valence-corrected chi connectivity index (χ4v) is 3.26. The highest BCUT2D eigenvalue weighted by Crippen LogP contribution is 2.30. The van der Waals surface area contributed by atoms with E-state index < -0.39 is 0 Å². The van der Waals surface area contributed by atoms with Crippen LogP contribution in [0.1, 0.15) is 26.7 Å². The van der Waals surface area contributed by atoms with E-state index in [4.69, 9.17) is 5.11 Å². The van der Waals surface area contributed by atoms with Crippen LogP contribution >= 0.6 is 11.8 Å². The molecule has 0 bridgehead atoms. The van der Waals surface area contributed by atoms with Gasteiger partial charge in [0, 0.05) is 23.9 Å². The predicted octanol–water partition coefficient (Wildman–Crippen LogP) is 1.24. The van der Waals surface area contributed by atoms with Crippen LogP contribution in [-0.4, -0.2) is 34.8 Å². The van der Waals surface area contributed by atoms with Crippen LogP contribution in [0.15, 0.2) is 0 Å². The molecule has 2 N–H and O–H groups in total. The molecule has 0 aliphatic carbocycles. The lowest BCUT2D eigenvalue weighted by Gasteiger charge is -2.31. The minimum absolute atomic E-state index is 0.230. The molecule has 3 heteroatoms. The highest BCUT2D eigenvalue weighted by Gasteiger charge is 2.33. The molecule has 72 valence electrons. The SMILES string of the molecule is CC(C)NC1(CCO)CCSC1. The second-order valence-corrected chi connectivity index (χ2v) is 4.96. The Morgan fingerprint density at radius 3 is 2.75 bits per heavy atom. The monoisotopic (exact) mass is 189 g/mol. The quantitative estimate of drug-likeness (QED) is 0.698. The molecule has 0 aromatic carbocycles. The second kappa shape index (κ2) is 4.49. The minimum Gasteiger partial charge on any atom is -0.396 e. The summed E-state index contributed by atoms with van der Waals surface area (Å²) in [5, 5.41) is 12.5. The fourth-order valence-electron chi connectivity index (χ4n) is 1.82. The number of nitrogens with one attached hydrogen (secondary N) is 1. The fraction of sp³-hybridized carbons (Fsp3) is 1.00. The molecule has 0 aromatic rings. The summed E-state index contributed by atoms with van der Waals surface area (Å²) in [5.74, 6) is 2.39. The van der Waals surface area contributed by atoms with Gasteiger partial charge in [0.15, 0.2) is 0 Å². The van der Waals surface area contributed by atoms with Crippen LogP contribution < -0.4 is 5.32 Å². The van der Waals surface area contributed by atoms with E-state index in [0.29, 0.717) is 12.6 Å². The van der Waals surface area contributed by atoms with Crippen molar-refractivity contribution in [3.8, 4) is 0 Å².